The van der Waals surface area contributed by atoms with E-state index in [-0.39, 0.29) is 0 Å². The third kappa shape index (κ3) is 4.38. The van der Waals surface area contributed by atoms with Crippen molar-refractivity contribution >= 4 is 32.3 Å². The van der Waals surface area contributed by atoms with Crippen LogP contribution < -0.4 is 0 Å². The van der Waals surface area contributed by atoms with Gasteiger partial charge < -0.3 is 0 Å². The molecule has 7 aromatic carbocycles. The molecule has 0 atom stereocenters. The Morgan fingerprint density at radius 1 is 0.372 bits per heavy atom. The molecule has 8 rings (SSSR count). The molecule has 0 amide bonds. The summed E-state index contributed by atoms with van der Waals surface area (Å²) in [6.45, 7) is 2.06. The van der Waals surface area contributed by atoms with E-state index in [0.29, 0.717) is 0 Å². The molecule has 202 valence electrons. The molecule has 0 N–H and O–H groups in total. The summed E-state index contributed by atoms with van der Waals surface area (Å²) >= 11 is 0. The summed E-state index contributed by atoms with van der Waals surface area (Å²) in [7, 11) is 0. The van der Waals surface area contributed by atoms with E-state index in [1.54, 1.807) is 0 Å². The van der Waals surface area contributed by atoms with Crippen molar-refractivity contribution in [2.45, 2.75) is 6.92 Å². The molecule has 0 aliphatic carbocycles. The third-order valence-electron chi connectivity index (χ3n) is 8.66. The Morgan fingerprint density at radius 2 is 0.884 bits per heavy atom. The molecule has 1 heterocycles. The van der Waals surface area contributed by atoms with Crippen molar-refractivity contribution in [1.82, 2.24) is 4.98 Å². The lowest BCUT2D eigenvalue weighted by molar-refractivity contribution is 1.20. The number of hydrogen-bond acceptors (Lipinski definition) is 1. The van der Waals surface area contributed by atoms with Gasteiger partial charge in [-0.05, 0) is 96.4 Å². The average Bonchev–Trinajstić information content (AvgIpc) is 3.07. The van der Waals surface area contributed by atoms with Crippen LogP contribution in [0.4, 0.5) is 0 Å². The van der Waals surface area contributed by atoms with Crippen molar-refractivity contribution in [3.63, 3.8) is 0 Å². The Kier molecular flexibility index (Phi) is 6.09. The molecule has 0 spiro atoms. The van der Waals surface area contributed by atoms with Crippen LogP contribution in [-0.4, -0.2) is 4.98 Å². The zero-order valence-corrected chi connectivity index (χ0v) is 24.0. The van der Waals surface area contributed by atoms with Crippen molar-refractivity contribution < 1.29 is 0 Å². The van der Waals surface area contributed by atoms with Gasteiger partial charge in [-0.15, -0.1) is 0 Å². The van der Waals surface area contributed by atoms with Crippen LogP contribution in [0.15, 0.2) is 158 Å². The van der Waals surface area contributed by atoms with E-state index in [0.717, 1.165) is 5.69 Å². The molecule has 1 heteroatoms. The average molecular weight is 548 g/mol. The normalized spacial score (nSPS) is 11.4. The quantitative estimate of drug-likeness (QED) is 0.200. The Labute approximate surface area is 251 Å². The van der Waals surface area contributed by atoms with E-state index in [4.69, 9.17) is 0 Å². The number of nitrogens with zero attached hydrogens (tertiary/aromatic N) is 1. The van der Waals surface area contributed by atoms with Gasteiger partial charge in [0.05, 0.1) is 0 Å². The molecule has 1 aromatic heterocycles. The van der Waals surface area contributed by atoms with Gasteiger partial charge in [0.15, 0.2) is 0 Å². The summed E-state index contributed by atoms with van der Waals surface area (Å²) < 4.78 is 0. The number of pyridine rings is 1. The highest BCUT2D eigenvalue weighted by Gasteiger charge is 2.16. The topological polar surface area (TPSA) is 12.9 Å². The number of aromatic nitrogens is 1. The summed E-state index contributed by atoms with van der Waals surface area (Å²) in [6.07, 6.45) is 1.85. The first-order valence-corrected chi connectivity index (χ1v) is 14.8. The molecular formula is C42H29N. The first kappa shape index (κ1) is 25.2. The zero-order valence-electron chi connectivity index (χ0n) is 24.0. The van der Waals surface area contributed by atoms with Gasteiger partial charge in [0.1, 0.15) is 0 Å². The Morgan fingerprint density at radius 3 is 1.51 bits per heavy atom. The van der Waals surface area contributed by atoms with Gasteiger partial charge in [-0.2, -0.15) is 0 Å². The highest BCUT2D eigenvalue weighted by atomic mass is 14.7. The Balaban J connectivity index is 1.28. The fourth-order valence-corrected chi connectivity index (χ4v) is 6.57. The lowest BCUT2D eigenvalue weighted by atomic mass is 9.85. The smallest absolute Gasteiger partial charge is 0.0450 e. The largest absolute Gasteiger partial charge is 0.261 e. The standard InChI is InChI=1S/C42H29N/c1-28-36(16-9-25-43-28)31-21-17-29(18-22-31)33-23-19-30-20-24-34(27-35(30)26-33)42-39-14-7-5-12-37(39)41(32-10-3-2-4-11-32)38-13-6-8-15-40(38)42/h2-27H,1H3. The fraction of sp³-hybridized carbons (Fsp3) is 0.0238. The first-order chi connectivity index (χ1) is 21.2. The highest BCUT2D eigenvalue weighted by Crippen LogP contribution is 2.44. The molecule has 0 saturated heterocycles. The summed E-state index contributed by atoms with van der Waals surface area (Å²) in [5.74, 6) is 0. The van der Waals surface area contributed by atoms with Gasteiger partial charge in [-0.1, -0.05) is 133 Å². The van der Waals surface area contributed by atoms with Gasteiger partial charge in [-0.3, -0.25) is 4.98 Å². The van der Waals surface area contributed by atoms with Gasteiger partial charge in [-0.25, -0.2) is 0 Å². The number of hydrogen-bond donors (Lipinski definition) is 0. The maximum absolute atomic E-state index is 4.46. The number of fused-ring (bicyclic) bond motifs is 3. The molecule has 43 heavy (non-hydrogen) atoms. The highest BCUT2D eigenvalue weighted by molar-refractivity contribution is 6.21. The lowest BCUT2D eigenvalue weighted by Gasteiger charge is -2.18. The van der Waals surface area contributed by atoms with Crippen LogP contribution in [0.3, 0.4) is 0 Å². The Bertz CT molecular complexity index is 2220. The van der Waals surface area contributed by atoms with Crippen LogP contribution >= 0.6 is 0 Å². The molecule has 8 aromatic rings. The maximum Gasteiger partial charge on any atom is 0.0450 e. The van der Waals surface area contributed by atoms with Crippen LogP contribution in [0.1, 0.15) is 5.69 Å². The van der Waals surface area contributed by atoms with Crippen LogP contribution in [0.5, 0.6) is 0 Å². The lowest BCUT2D eigenvalue weighted by Crippen LogP contribution is -1.91. The zero-order chi connectivity index (χ0) is 28.8. The van der Waals surface area contributed by atoms with E-state index in [1.165, 1.54) is 76.8 Å². The van der Waals surface area contributed by atoms with Gasteiger partial charge in [0.2, 0.25) is 0 Å². The van der Waals surface area contributed by atoms with E-state index in [9.17, 15) is 0 Å². The molecule has 0 saturated carbocycles. The van der Waals surface area contributed by atoms with Crippen LogP contribution in [0.2, 0.25) is 0 Å². The number of rotatable bonds is 4. The maximum atomic E-state index is 4.46. The van der Waals surface area contributed by atoms with Gasteiger partial charge in [0.25, 0.3) is 0 Å². The Hall–Kier alpha value is -5.53. The molecule has 0 bridgehead atoms. The van der Waals surface area contributed by atoms with Gasteiger partial charge in [0, 0.05) is 17.5 Å². The fourth-order valence-electron chi connectivity index (χ4n) is 6.57. The van der Waals surface area contributed by atoms with Crippen LogP contribution in [0.25, 0.3) is 76.8 Å². The number of benzene rings is 7. The third-order valence-corrected chi connectivity index (χ3v) is 8.66. The summed E-state index contributed by atoms with van der Waals surface area (Å²) in [5, 5.41) is 7.58. The van der Waals surface area contributed by atoms with Crippen molar-refractivity contribution in [3.05, 3.63) is 164 Å². The minimum absolute atomic E-state index is 1.05. The SMILES string of the molecule is Cc1ncccc1-c1ccc(-c2ccc3ccc(-c4c5ccccc5c(-c5ccccc5)c5ccccc45)cc3c2)cc1. The van der Waals surface area contributed by atoms with Crippen LogP contribution in [-0.2, 0) is 0 Å². The van der Waals surface area contributed by atoms with Crippen molar-refractivity contribution in [2.24, 2.45) is 0 Å². The molecule has 0 fully saturated rings. The molecule has 0 aliphatic rings. The predicted molar refractivity (Wildman–Crippen MR) is 183 cm³/mol. The van der Waals surface area contributed by atoms with Crippen LogP contribution in [0, 0.1) is 6.92 Å². The summed E-state index contributed by atoms with van der Waals surface area (Å²) in [6, 6.07) is 55.1. The van der Waals surface area contributed by atoms with Crippen molar-refractivity contribution in [1.29, 1.82) is 0 Å². The summed E-state index contributed by atoms with van der Waals surface area (Å²) in [5.41, 5.74) is 10.9. The molecule has 0 unspecified atom stereocenters. The molecular weight excluding hydrogens is 518 g/mol. The van der Waals surface area contributed by atoms with E-state index in [1.807, 2.05) is 12.3 Å². The minimum Gasteiger partial charge on any atom is -0.261 e. The van der Waals surface area contributed by atoms with Crippen molar-refractivity contribution in [2.75, 3.05) is 0 Å². The predicted octanol–water partition coefficient (Wildman–Crippen LogP) is 11.5. The molecule has 1 nitrogen and oxygen atoms in total. The van der Waals surface area contributed by atoms with E-state index < -0.39 is 0 Å². The van der Waals surface area contributed by atoms with E-state index >= 15 is 0 Å². The molecule has 0 aliphatic heterocycles. The van der Waals surface area contributed by atoms with Gasteiger partial charge >= 0.3 is 0 Å². The first-order valence-electron chi connectivity index (χ1n) is 14.8. The van der Waals surface area contributed by atoms with Crippen molar-refractivity contribution in [3.8, 4) is 44.5 Å². The molecule has 0 radical (unpaired) electrons. The summed E-state index contributed by atoms with van der Waals surface area (Å²) in [4.78, 5) is 4.46. The second-order valence-electron chi connectivity index (χ2n) is 11.2. The second-order valence-corrected chi connectivity index (χ2v) is 11.2. The second kappa shape index (κ2) is 10.4. The van der Waals surface area contributed by atoms with E-state index in [2.05, 4.69) is 158 Å². The monoisotopic (exact) mass is 547 g/mol. The minimum atomic E-state index is 1.05. The number of aryl methyl sites for hydroxylation is 1.